The Morgan fingerprint density at radius 2 is 2.03 bits per heavy atom. The van der Waals surface area contributed by atoms with E-state index in [1.54, 1.807) is 0 Å². The second-order valence-corrected chi connectivity index (χ2v) is 9.62. The summed E-state index contributed by atoms with van der Waals surface area (Å²) < 4.78 is 5.09. The van der Waals surface area contributed by atoms with Gasteiger partial charge in [0.05, 0.1) is 6.54 Å². The molecule has 4 rings (SSSR count). The number of aromatic nitrogens is 2. The summed E-state index contributed by atoms with van der Waals surface area (Å²) in [5.41, 5.74) is 6.65. The van der Waals surface area contributed by atoms with Crippen molar-refractivity contribution in [2.75, 3.05) is 18.0 Å². The fourth-order valence-corrected chi connectivity index (χ4v) is 5.00. The number of primary amides is 1. The van der Waals surface area contributed by atoms with Crippen molar-refractivity contribution in [3.63, 3.8) is 0 Å². The number of carbonyl (C=O) groups is 2. The highest BCUT2D eigenvalue weighted by molar-refractivity contribution is 5.90. The van der Waals surface area contributed by atoms with E-state index in [0.717, 1.165) is 51.0 Å². The first-order valence-corrected chi connectivity index (χ1v) is 11.2. The van der Waals surface area contributed by atoms with Crippen LogP contribution in [-0.2, 0) is 13.0 Å². The molecule has 3 heterocycles. The smallest absolute Gasteiger partial charge is 0.407 e. The van der Waals surface area contributed by atoms with Gasteiger partial charge in [0.25, 0.3) is 5.91 Å². The van der Waals surface area contributed by atoms with Gasteiger partial charge in [-0.25, -0.2) is 9.78 Å². The molecule has 2 fully saturated rings. The summed E-state index contributed by atoms with van der Waals surface area (Å²) in [4.78, 5) is 31.4. The van der Waals surface area contributed by atoms with Gasteiger partial charge in [0.1, 0.15) is 5.82 Å². The van der Waals surface area contributed by atoms with Gasteiger partial charge >= 0.3 is 6.09 Å². The number of carboxylic acid groups (broad SMARTS) is 1. The van der Waals surface area contributed by atoms with Crippen LogP contribution in [0.4, 0.5) is 10.6 Å². The molecular formula is C23H31N5O4. The first-order valence-electron chi connectivity index (χ1n) is 11.2. The van der Waals surface area contributed by atoms with E-state index in [-0.39, 0.29) is 23.7 Å². The summed E-state index contributed by atoms with van der Waals surface area (Å²) in [6.07, 6.45) is 5.76. The Morgan fingerprint density at radius 3 is 2.56 bits per heavy atom. The van der Waals surface area contributed by atoms with Crippen molar-refractivity contribution >= 4 is 17.8 Å². The van der Waals surface area contributed by atoms with Crippen molar-refractivity contribution < 1.29 is 19.2 Å². The SMILES string of the molecule is CC(C)Cc1ccc(N2CCC3(CC2)CC(N(Cc2cc(C(N)=O)no2)C(=O)O)C3)nc1. The van der Waals surface area contributed by atoms with E-state index in [2.05, 4.69) is 41.0 Å². The second kappa shape index (κ2) is 8.80. The molecular weight excluding hydrogens is 410 g/mol. The van der Waals surface area contributed by atoms with Crippen LogP contribution in [0.25, 0.3) is 0 Å². The van der Waals surface area contributed by atoms with E-state index in [0.29, 0.717) is 11.7 Å². The topological polar surface area (TPSA) is 126 Å². The molecule has 0 aromatic carbocycles. The van der Waals surface area contributed by atoms with Crippen LogP contribution in [0.5, 0.6) is 0 Å². The molecule has 9 nitrogen and oxygen atoms in total. The highest BCUT2D eigenvalue weighted by Crippen LogP contribution is 2.51. The first kappa shape index (κ1) is 22.1. The lowest BCUT2D eigenvalue weighted by atomic mass is 9.60. The summed E-state index contributed by atoms with van der Waals surface area (Å²) in [5, 5.41) is 13.3. The Kier molecular flexibility index (Phi) is 6.08. The lowest BCUT2D eigenvalue weighted by Crippen LogP contribution is -2.56. The van der Waals surface area contributed by atoms with Crippen LogP contribution in [0, 0.1) is 11.3 Å². The highest BCUT2D eigenvalue weighted by Gasteiger charge is 2.49. The van der Waals surface area contributed by atoms with E-state index in [4.69, 9.17) is 10.3 Å². The quantitative estimate of drug-likeness (QED) is 0.675. The minimum Gasteiger partial charge on any atom is -0.465 e. The molecule has 0 atom stereocenters. The van der Waals surface area contributed by atoms with Crippen molar-refractivity contribution in [3.8, 4) is 0 Å². The van der Waals surface area contributed by atoms with Gasteiger partial charge in [0.15, 0.2) is 11.5 Å². The van der Waals surface area contributed by atoms with Crippen molar-refractivity contribution in [2.24, 2.45) is 17.1 Å². The van der Waals surface area contributed by atoms with Crippen molar-refractivity contribution in [1.29, 1.82) is 0 Å². The van der Waals surface area contributed by atoms with E-state index in [9.17, 15) is 14.7 Å². The fraction of sp³-hybridized carbons (Fsp3) is 0.565. The van der Waals surface area contributed by atoms with Gasteiger partial charge in [-0.3, -0.25) is 9.69 Å². The summed E-state index contributed by atoms with van der Waals surface area (Å²) in [7, 11) is 0. The fourth-order valence-electron chi connectivity index (χ4n) is 5.00. The lowest BCUT2D eigenvalue weighted by Gasteiger charge is -2.54. The monoisotopic (exact) mass is 441 g/mol. The summed E-state index contributed by atoms with van der Waals surface area (Å²) in [5.74, 6) is 1.26. The Balaban J connectivity index is 1.31. The number of hydrogen-bond donors (Lipinski definition) is 2. The molecule has 1 spiro atoms. The molecule has 2 aromatic heterocycles. The Bertz CT molecular complexity index is 955. The van der Waals surface area contributed by atoms with Gasteiger partial charge in [0.2, 0.25) is 0 Å². The molecule has 1 saturated heterocycles. The van der Waals surface area contributed by atoms with E-state index >= 15 is 0 Å². The predicted molar refractivity (Wildman–Crippen MR) is 118 cm³/mol. The Morgan fingerprint density at radius 1 is 1.31 bits per heavy atom. The zero-order valence-electron chi connectivity index (χ0n) is 18.7. The first-order chi connectivity index (χ1) is 15.2. The molecule has 0 unspecified atom stereocenters. The average molecular weight is 442 g/mol. The number of nitrogens with zero attached hydrogens (tertiary/aromatic N) is 4. The Labute approximate surface area is 187 Å². The molecule has 9 heteroatoms. The third kappa shape index (κ3) is 4.71. The summed E-state index contributed by atoms with van der Waals surface area (Å²) in [6, 6.07) is 5.63. The van der Waals surface area contributed by atoms with Gasteiger partial charge < -0.3 is 20.3 Å². The van der Waals surface area contributed by atoms with E-state index < -0.39 is 12.0 Å². The molecule has 0 bridgehead atoms. The number of hydrogen-bond acceptors (Lipinski definition) is 6. The zero-order valence-corrected chi connectivity index (χ0v) is 18.7. The van der Waals surface area contributed by atoms with Crippen LogP contribution in [0.3, 0.4) is 0 Å². The summed E-state index contributed by atoms with van der Waals surface area (Å²) in [6.45, 7) is 6.34. The molecule has 3 N–H and O–H groups in total. The zero-order chi connectivity index (χ0) is 22.9. The molecule has 0 radical (unpaired) electrons. The number of pyridine rings is 1. The number of piperidine rings is 1. The normalized spacial score (nSPS) is 18.0. The molecule has 1 aliphatic carbocycles. The molecule has 2 aromatic rings. The molecule has 32 heavy (non-hydrogen) atoms. The second-order valence-electron chi connectivity index (χ2n) is 9.62. The van der Waals surface area contributed by atoms with Crippen molar-refractivity contribution in [3.05, 3.63) is 41.4 Å². The highest BCUT2D eigenvalue weighted by atomic mass is 16.5. The minimum atomic E-state index is -0.995. The van der Waals surface area contributed by atoms with Gasteiger partial charge in [0, 0.05) is 31.4 Å². The van der Waals surface area contributed by atoms with Gasteiger partial charge in [-0.2, -0.15) is 0 Å². The maximum absolute atomic E-state index is 11.8. The number of anilines is 1. The molecule has 1 saturated carbocycles. The van der Waals surface area contributed by atoms with Crippen LogP contribution in [-0.4, -0.2) is 51.3 Å². The molecule has 2 aliphatic rings. The van der Waals surface area contributed by atoms with Crippen LogP contribution in [0.1, 0.15) is 61.3 Å². The standard InChI is InChI=1S/C23H31N5O4/c1-15(2)9-16-3-4-20(25-13-16)27-7-5-23(6-8-27)11-17(12-23)28(22(30)31)14-18-10-19(21(24)29)26-32-18/h3-4,10,13,15,17H,5-9,11-12,14H2,1-2H3,(H2,24,29)(H,30,31). The average Bonchev–Trinajstić information content (AvgIpc) is 3.20. The third-order valence-corrected chi connectivity index (χ3v) is 6.76. The lowest BCUT2D eigenvalue weighted by molar-refractivity contribution is -0.0149. The maximum atomic E-state index is 11.8. The Hall–Kier alpha value is -3.10. The van der Waals surface area contributed by atoms with E-state index in [1.165, 1.54) is 16.5 Å². The van der Waals surface area contributed by atoms with Gasteiger partial charge in [-0.15, -0.1) is 0 Å². The van der Waals surface area contributed by atoms with Crippen LogP contribution < -0.4 is 10.6 Å². The molecule has 1 aliphatic heterocycles. The van der Waals surface area contributed by atoms with Gasteiger partial charge in [-0.05, 0) is 55.1 Å². The number of rotatable bonds is 7. The van der Waals surface area contributed by atoms with Crippen LogP contribution in [0.2, 0.25) is 0 Å². The third-order valence-electron chi connectivity index (χ3n) is 6.76. The summed E-state index contributed by atoms with van der Waals surface area (Å²) >= 11 is 0. The molecule has 2 amide bonds. The van der Waals surface area contributed by atoms with Crippen molar-refractivity contribution in [2.45, 2.75) is 58.5 Å². The van der Waals surface area contributed by atoms with Crippen LogP contribution in [0.15, 0.2) is 28.9 Å². The van der Waals surface area contributed by atoms with Gasteiger partial charge in [-0.1, -0.05) is 25.1 Å². The van der Waals surface area contributed by atoms with Crippen molar-refractivity contribution in [1.82, 2.24) is 15.0 Å². The van der Waals surface area contributed by atoms with Crippen LogP contribution >= 0.6 is 0 Å². The largest absolute Gasteiger partial charge is 0.465 e. The predicted octanol–water partition coefficient (Wildman–Crippen LogP) is 3.30. The molecule has 172 valence electrons. The maximum Gasteiger partial charge on any atom is 0.407 e. The minimum absolute atomic E-state index is 0.00800. The number of carbonyl (C=O) groups excluding carboxylic acids is 1. The number of amides is 2. The number of nitrogens with two attached hydrogens (primary N) is 1. The van der Waals surface area contributed by atoms with E-state index in [1.807, 2.05) is 6.20 Å².